The molecule has 0 bridgehead atoms. The van der Waals surface area contributed by atoms with Crippen molar-refractivity contribution in [2.45, 2.75) is 51.3 Å². The molecule has 1 aromatic carbocycles. The van der Waals surface area contributed by atoms with Crippen molar-refractivity contribution in [2.24, 2.45) is 5.92 Å². The number of fused-ring (bicyclic) bond motifs is 1. The molecule has 0 unspecified atom stereocenters. The first-order chi connectivity index (χ1) is 20.5. The highest BCUT2D eigenvalue weighted by Crippen LogP contribution is 2.28. The van der Waals surface area contributed by atoms with Gasteiger partial charge in [0.15, 0.2) is 0 Å². The van der Waals surface area contributed by atoms with Crippen LogP contribution in [-0.4, -0.2) is 63.5 Å². The van der Waals surface area contributed by atoms with Crippen LogP contribution >= 0.6 is 11.6 Å². The number of pyridine rings is 2. The molecule has 11 heteroatoms. The molecule has 1 atom stereocenters. The van der Waals surface area contributed by atoms with Gasteiger partial charge in [-0.3, -0.25) is 18.9 Å². The van der Waals surface area contributed by atoms with Gasteiger partial charge < -0.3 is 20.1 Å². The van der Waals surface area contributed by atoms with E-state index in [-0.39, 0.29) is 23.7 Å². The molecule has 220 valence electrons. The minimum absolute atomic E-state index is 0.00313. The molecule has 1 aliphatic carbocycles. The number of morpholine rings is 1. The summed E-state index contributed by atoms with van der Waals surface area (Å²) in [6.07, 6.45) is 6.75. The van der Waals surface area contributed by atoms with E-state index in [4.69, 9.17) is 21.1 Å². The lowest BCUT2D eigenvalue weighted by Crippen LogP contribution is -2.41. The van der Waals surface area contributed by atoms with Gasteiger partial charge in [0.2, 0.25) is 5.88 Å². The molecular weight excluding hydrogens is 556 g/mol. The number of ether oxygens (including phenoxy) is 2. The normalized spacial score (nSPS) is 20.9. The molecule has 6 rings (SSSR count). The van der Waals surface area contributed by atoms with E-state index in [1.54, 1.807) is 36.0 Å². The Bertz CT molecular complexity index is 1600. The molecule has 2 N–H and O–H groups in total. The quantitative estimate of drug-likeness (QED) is 0.320. The maximum Gasteiger partial charge on any atom is 0.333 e. The SMILES string of the molecule is Cc1ncc(Cl)cc1C(=O)NC1CCC(Cn2c(=O)n(-c3ccc(OC[C@H]4CNCCO4)nc3)c3ccccc32)CC1. The van der Waals surface area contributed by atoms with Crippen molar-refractivity contribution in [1.82, 2.24) is 29.7 Å². The van der Waals surface area contributed by atoms with E-state index >= 15 is 0 Å². The first kappa shape index (κ1) is 28.4. The average Bonchev–Trinajstić information content (AvgIpc) is 3.29. The molecule has 10 nitrogen and oxygen atoms in total. The number of rotatable bonds is 8. The molecule has 1 aliphatic heterocycles. The van der Waals surface area contributed by atoms with Gasteiger partial charge in [0, 0.05) is 37.9 Å². The van der Waals surface area contributed by atoms with Gasteiger partial charge in [0.25, 0.3) is 5.91 Å². The van der Waals surface area contributed by atoms with Crippen molar-refractivity contribution >= 4 is 28.5 Å². The molecule has 42 heavy (non-hydrogen) atoms. The van der Waals surface area contributed by atoms with Gasteiger partial charge in [-0.05, 0) is 62.8 Å². The molecule has 0 spiro atoms. The van der Waals surface area contributed by atoms with Crippen molar-refractivity contribution in [3.05, 3.63) is 81.6 Å². The Balaban J connectivity index is 1.12. The van der Waals surface area contributed by atoms with Gasteiger partial charge in [-0.1, -0.05) is 23.7 Å². The smallest absolute Gasteiger partial charge is 0.333 e. The molecule has 1 saturated heterocycles. The van der Waals surface area contributed by atoms with Crippen LogP contribution in [0.3, 0.4) is 0 Å². The second-order valence-electron chi connectivity index (χ2n) is 11.1. The fourth-order valence-electron chi connectivity index (χ4n) is 5.88. The summed E-state index contributed by atoms with van der Waals surface area (Å²) >= 11 is 6.05. The number of para-hydroxylation sites is 2. The molecule has 1 saturated carbocycles. The van der Waals surface area contributed by atoms with Crippen LogP contribution in [0, 0.1) is 12.8 Å². The molecule has 4 heterocycles. The van der Waals surface area contributed by atoms with Crippen LogP contribution in [0.5, 0.6) is 5.88 Å². The average molecular weight is 591 g/mol. The van der Waals surface area contributed by atoms with Crippen molar-refractivity contribution in [2.75, 3.05) is 26.3 Å². The van der Waals surface area contributed by atoms with Crippen LogP contribution < -0.4 is 21.1 Å². The lowest BCUT2D eigenvalue weighted by molar-refractivity contribution is -0.000739. The third-order valence-corrected chi connectivity index (χ3v) is 8.36. The summed E-state index contributed by atoms with van der Waals surface area (Å²) in [6.45, 7) is 5.13. The third-order valence-electron chi connectivity index (χ3n) is 8.16. The topological polar surface area (TPSA) is 112 Å². The van der Waals surface area contributed by atoms with E-state index in [9.17, 15) is 9.59 Å². The number of amides is 1. The van der Waals surface area contributed by atoms with E-state index in [0.717, 1.165) is 49.8 Å². The number of aryl methyl sites for hydroxylation is 1. The monoisotopic (exact) mass is 590 g/mol. The zero-order valence-electron chi connectivity index (χ0n) is 23.6. The van der Waals surface area contributed by atoms with Crippen molar-refractivity contribution in [1.29, 1.82) is 0 Å². The van der Waals surface area contributed by atoms with E-state index in [1.165, 1.54) is 0 Å². The Kier molecular flexibility index (Phi) is 8.55. The molecular formula is C31H35ClN6O4. The van der Waals surface area contributed by atoms with Crippen LogP contribution in [0.25, 0.3) is 16.7 Å². The van der Waals surface area contributed by atoms with Crippen LogP contribution in [-0.2, 0) is 11.3 Å². The zero-order valence-corrected chi connectivity index (χ0v) is 24.3. The molecule has 1 amide bonds. The maximum atomic E-state index is 13.8. The van der Waals surface area contributed by atoms with E-state index < -0.39 is 0 Å². The van der Waals surface area contributed by atoms with Gasteiger partial charge in [-0.2, -0.15) is 0 Å². The first-order valence-electron chi connectivity index (χ1n) is 14.5. The highest BCUT2D eigenvalue weighted by atomic mass is 35.5. The van der Waals surface area contributed by atoms with Gasteiger partial charge in [-0.15, -0.1) is 0 Å². The lowest BCUT2D eigenvalue weighted by Gasteiger charge is -2.29. The molecule has 3 aromatic heterocycles. The Morgan fingerprint density at radius 1 is 1.12 bits per heavy atom. The van der Waals surface area contributed by atoms with E-state index in [1.807, 2.05) is 34.9 Å². The number of carbonyl (C=O) groups is 1. The summed E-state index contributed by atoms with van der Waals surface area (Å²) in [5.41, 5.74) is 3.50. The number of aromatic nitrogens is 4. The Labute approximate surface area is 249 Å². The van der Waals surface area contributed by atoms with Gasteiger partial charge in [0.05, 0.1) is 45.8 Å². The molecule has 4 aromatic rings. The molecule has 2 fully saturated rings. The standard InChI is InChI=1S/C31H35ClN6O4/c1-20-26(14-22(32)15-34-20)30(39)36-23-8-6-21(7-9-23)18-37-27-4-2-3-5-28(27)38(31(37)40)24-10-11-29(35-16-24)42-19-25-17-33-12-13-41-25/h2-5,10-11,14-16,21,23,25,33H,6-9,12-13,17-19H2,1H3,(H,36,39)/t21?,23?,25-/m1/s1. The zero-order chi connectivity index (χ0) is 29.1. The summed E-state index contributed by atoms with van der Waals surface area (Å²) in [4.78, 5) is 35.3. The Morgan fingerprint density at radius 3 is 2.67 bits per heavy atom. The lowest BCUT2D eigenvalue weighted by atomic mass is 9.85. The van der Waals surface area contributed by atoms with Crippen LogP contribution in [0.2, 0.25) is 5.02 Å². The second-order valence-corrected chi connectivity index (χ2v) is 11.5. The summed E-state index contributed by atoms with van der Waals surface area (Å²) in [5, 5.41) is 6.88. The Morgan fingerprint density at radius 2 is 1.93 bits per heavy atom. The van der Waals surface area contributed by atoms with Crippen LogP contribution in [0.15, 0.2) is 59.7 Å². The number of nitrogens with zero attached hydrogens (tertiary/aromatic N) is 4. The number of nitrogens with one attached hydrogen (secondary N) is 2. The summed E-state index contributed by atoms with van der Waals surface area (Å²) in [7, 11) is 0. The van der Waals surface area contributed by atoms with Crippen LogP contribution in [0.1, 0.15) is 41.7 Å². The van der Waals surface area contributed by atoms with Crippen LogP contribution in [0.4, 0.5) is 0 Å². The first-order valence-corrected chi connectivity index (χ1v) is 14.9. The van der Waals surface area contributed by atoms with Gasteiger partial charge in [0.1, 0.15) is 12.7 Å². The van der Waals surface area contributed by atoms with Gasteiger partial charge in [-0.25, -0.2) is 9.78 Å². The van der Waals surface area contributed by atoms with E-state index in [0.29, 0.717) is 53.5 Å². The fourth-order valence-corrected chi connectivity index (χ4v) is 6.04. The summed E-state index contributed by atoms with van der Waals surface area (Å²) < 4.78 is 15.1. The van der Waals surface area contributed by atoms with Crippen molar-refractivity contribution in [3.8, 4) is 11.6 Å². The summed E-state index contributed by atoms with van der Waals surface area (Å²) in [6, 6.07) is 13.3. The maximum absolute atomic E-state index is 13.8. The highest BCUT2D eigenvalue weighted by molar-refractivity contribution is 6.30. The number of imidazole rings is 1. The highest BCUT2D eigenvalue weighted by Gasteiger charge is 2.26. The van der Waals surface area contributed by atoms with Crippen molar-refractivity contribution < 1.29 is 14.3 Å². The molecule has 2 aliphatic rings. The minimum Gasteiger partial charge on any atom is -0.475 e. The van der Waals surface area contributed by atoms with Crippen molar-refractivity contribution in [3.63, 3.8) is 0 Å². The second kappa shape index (κ2) is 12.6. The predicted molar refractivity (Wildman–Crippen MR) is 161 cm³/mol. The number of hydrogen-bond acceptors (Lipinski definition) is 7. The summed E-state index contributed by atoms with van der Waals surface area (Å²) in [5.74, 6) is 0.681. The third kappa shape index (κ3) is 6.21. The predicted octanol–water partition coefficient (Wildman–Crippen LogP) is 3.90. The Hall–Kier alpha value is -3.73. The number of halogens is 1. The number of carbonyl (C=O) groups excluding carboxylic acids is 1. The van der Waals surface area contributed by atoms with E-state index in [2.05, 4.69) is 20.6 Å². The largest absolute Gasteiger partial charge is 0.475 e. The minimum atomic E-state index is -0.144. The van der Waals surface area contributed by atoms with Gasteiger partial charge >= 0.3 is 5.69 Å². The number of benzene rings is 1. The fraction of sp³-hybridized carbons (Fsp3) is 0.419. The molecule has 0 radical (unpaired) electrons. The number of hydrogen-bond donors (Lipinski definition) is 2.